The Morgan fingerprint density at radius 2 is 1.86 bits per heavy atom. The molecule has 0 bridgehead atoms. The van der Waals surface area contributed by atoms with Crippen LogP contribution in [-0.4, -0.2) is 17.0 Å². The molecule has 0 unspecified atom stereocenters. The van der Waals surface area contributed by atoms with Crippen LogP contribution in [0.3, 0.4) is 0 Å². The Balaban J connectivity index is 1.93. The molecule has 5 heteroatoms. The van der Waals surface area contributed by atoms with E-state index in [2.05, 4.69) is 0 Å². The summed E-state index contributed by atoms with van der Waals surface area (Å²) in [7, 11) is 0. The molecule has 4 nitrogen and oxygen atoms in total. The molecule has 22 heavy (non-hydrogen) atoms. The number of halogens is 1. The van der Waals surface area contributed by atoms with Crippen molar-refractivity contribution < 1.29 is 19.1 Å². The summed E-state index contributed by atoms with van der Waals surface area (Å²) in [6.07, 6.45) is 0.881. The van der Waals surface area contributed by atoms with E-state index in [1.165, 1.54) is 18.2 Å². The van der Waals surface area contributed by atoms with Crippen molar-refractivity contribution in [3.05, 3.63) is 65.0 Å². The van der Waals surface area contributed by atoms with Gasteiger partial charge in [-0.3, -0.25) is 4.79 Å². The van der Waals surface area contributed by atoms with Crippen molar-refractivity contribution in [1.29, 1.82) is 0 Å². The third kappa shape index (κ3) is 2.70. The van der Waals surface area contributed by atoms with Gasteiger partial charge < -0.3 is 10.0 Å². The van der Waals surface area contributed by atoms with Crippen molar-refractivity contribution in [3.63, 3.8) is 0 Å². The van der Waals surface area contributed by atoms with Crippen molar-refractivity contribution in [3.8, 4) is 0 Å². The second kappa shape index (κ2) is 5.60. The molecule has 3 rings (SSSR count). The molecule has 0 aromatic heterocycles. The van der Waals surface area contributed by atoms with Crippen molar-refractivity contribution >= 4 is 17.6 Å². The van der Waals surface area contributed by atoms with Gasteiger partial charge in [0.15, 0.2) is 0 Å². The average Bonchev–Trinajstić information content (AvgIpc) is 2.51. The molecule has 1 heterocycles. The first-order chi connectivity index (χ1) is 10.5. The van der Waals surface area contributed by atoms with Crippen LogP contribution in [0, 0.1) is 5.82 Å². The number of carboxylic acids is 1. The minimum atomic E-state index is -0.982. The quantitative estimate of drug-likeness (QED) is 0.948. The van der Waals surface area contributed by atoms with E-state index in [0.29, 0.717) is 19.4 Å². The van der Waals surface area contributed by atoms with Crippen molar-refractivity contribution in [1.82, 2.24) is 0 Å². The standard InChI is InChI=1S/C17H14FNO3/c18-14-5-1-11(2-6-14)10-19-15-7-3-13(17(21)22)9-12(15)4-8-16(19)20/h1-3,5-7,9H,4,8,10H2,(H,21,22). The highest BCUT2D eigenvalue weighted by atomic mass is 19.1. The van der Waals surface area contributed by atoms with E-state index >= 15 is 0 Å². The zero-order valence-corrected chi connectivity index (χ0v) is 11.8. The molecule has 0 fully saturated rings. The maximum atomic E-state index is 13.0. The fourth-order valence-corrected chi connectivity index (χ4v) is 2.64. The Labute approximate surface area is 126 Å². The van der Waals surface area contributed by atoms with Crippen LogP contribution in [0.5, 0.6) is 0 Å². The Morgan fingerprint density at radius 1 is 1.14 bits per heavy atom. The van der Waals surface area contributed by atoms with Crippen LogP contribution in [0.15, 0.2) is 42.5 Å². The van der Waals surface area contributed by atoms with E-state index in [1.54, 1.807) is 29.2 Å². The number of aryl methyl sites for hydroxylation is 1. The number of benzene rings is 2. The Kier molecular flexibility index (Phi) is 3.63. The summed E-state index contributed by atoms with van der Waals surface area (Å²) >= 11 is 0. The average molecular weight is 299 g/mol. The summed E-state index contributed by atoms with van der Waals surface area (Å²) < 4.78 is 13.0. The number of carboxylic acid groups (broad SMARTS) is 1. The second-order valence-corrected chi connectivity index (χ2v) is 5.25. The van der Waals surface area contributed by atoms with Crippen LogP contribution in [0.4, 0.5) is 10.1 Å². The van der Waals surface area contributed by atoms with Gasteiger partial charge in [-0.05, 0) is 47.9 Å². The van der Waals surface area contributed by atoms with Gasteiger partial charge in [-0.25, -0.2) is 9.18 Å². The van der Waals surface area contributed by atoms with Gasteiger partial charge in [0.1, 0.15) is 5.82 Å². The number of carbonyl (C=O) groups excluding carboxylic acids is 1. The first kappa shape index (κ1) is 14.3. The monoisotopic (exact) mass is 299 g/mol. The van der Waals surface area contributed by atoms with E-state index in [0.717, 1.165) is 16.8 Å². The number of amides is 1. The molecule has 1 amide bonds. The largest absolute Gasteiger partial charge is 0.478 e. The van der Waals surface area contributed by atoms with Gasteiger partial charge in [-0.15, -0.1) is 0 Å². The number of fused-ring (bicyclic) bond motifs is 1. The summed E-state index contributed by atoms with van der Waals surface area (Å²) in [5, 5.41) is 9.05. The third-order valence-electron chi connectivity index (χ3n) is 3.78. The summed E-state index contributed by atoms with van der Waals surface area (Å²) in [5.74, 6) is -1.31. The van der Waals surface area contributed by atoms with Crippen LogP contribution in [0.25, 0.3) is 0 Å². The molecule has 112 valence electrons. The highest BCUT2D eigenvalue weighted by Crippen LogP contribution is 2.30. The molecule has 1 N–H and O–H groups in total. The van der Waals surface area contributed by atoms with Gasteiger partial charge in [0.25, 0.3) is 0 Å². The zero-order chi connectivity index (χ0) is 15.7. The van der Waals surface area contributed by atoms with Crippen molar-refractivity contribution in [2.75, 3.05) is 4.90 Å². The molecular formula is C17H14FNO3. The normalized spacial score (nSPS) is 13.9. The Morgan fingerprint density at radius 3 is 2.55 bits per heavy atom. The first-order valence-electron chi connectivity index (χ1n) is 6.95. The summed E-state index contributed by atoms with van der Waals surface area (Å²) in [5.41, 5.74) is 2.62. The van der Waals surface area contributed by atoms with Gasteiger partial charge >= 0.3 is 5.97 Å². The summed E-state index contributed by atoms with van der Waals surface area (Å²) in [4.78, 5) is 24.8. The molecule has 2 aromatic carbocycles. The molecule has 0 spiro atoms. The molecule has 0 atom stereocenters. The van der Waals surface area contributed by atoms with Crippen molar-refractivity contribution in [2.24, 2.45) is 0 Å². The molecule has 2 aromatic rings. The number of anilines is 1. The molecule has 0 saturated heterocycles. The predicted molar refractivity (Wildman–Crippen MR) is 79.3 cm³/mol. The van der Waals surface area contributed by atoms with E-state index in [4.69, 9.17) is 5.11 Å². The number of hydrogen-bond donors (Lipinski definition) is 1. The van der Waals surface area contributed by atoms with Crippen LogP contribution in [-0.2, 0) is 17.8 Å². The number of carbonyl (C=O) groups is 2. The lowest BCUT2D eigenvalue weighted by Crippen LogP contribution is -2.34. The topological polar surface area (TPSA) is 57.6 Å². The van der Waals surface area contributed by atoms with E-state index in [1.807, 2.05) is 0 Å². The van der Waals surface area contributed by atoms with E-state index < -0.39 is 5.97 Å². The maximum absolute atomic E-state index is 13.0. The van der Waals surface area contributed by atoms with Gasteiger partial charge in [0, 0.05) is 12.1 Å². The smallest absolute Gasteiger partial charge is 0.335 e. The van der Waals surface area contributed by atoms with Gasteiger partial charge in [-0.1, -0.05) is 12.1 Å². The van der Waals surface area contributed by atoms with E-state index in [-0.39, 0.29) is 17.3 Å². The fourth-order valence-electron chi connectivity index (χ4n) is 2.64. The van der Waals surface area contributed by atoms with Gasteiger partial charge in [0.05, 0.1) is 12.1 Å². The molecule has 0 radical (unpaired) electrons. The second-order valence-electron chi connectivity index (χ2n) is 5.25. The minimum absolute atomic E-state index is 0.0140. The van der Waals surface area contributed by atoms with Crippen molar-refractivity contribution in [2.45, 2.75) is 19.4 Å². The first-order valence-corrected chi connectivity index (χ1v) is 6.95. The lowest BCUT2D eigenvalue weighted by molar-refractivity contribution is -0.119. The van der Waals surface area contributed by atoms with Gasteiger partial charge in [0.2, 0.25) is 5.91 Å². The predicted octanol–water partition coefficient (Wildman–Crippen LogP) is 3.00. The Hall–Kier alpha value is -2.69. The highest BCUT2D eigenvalue weighted by molar-refractivity contribution is 5.97. The fraction of sp³-hybridized carbons (Fsp3) is 0.176. The SMILES string of the molecule is O=C(O)c1ccc2c(c1)CCC(=O)N2Cc1ccc(F)cc1. The van der Waals surface area contributed by atoms with Crippen LogP contribution < -0.4 is 4.90 Å². The molecule has 0 aliphatic carbocycles. The van der Waals surface area contributed by atoms with Crippen LogP contribution in [0.2, 0.25) is 0 Å². The number of hydrogen-bond acceptors (Lipinski definition) is 2. The maximum Gasteiger partial charge on any atom is 0.335 e. The zero-order valence-electron chi connectivity index (χ0n) is 11.8. The van der Waals surface area contributed by atoms with E-state index in [9.17, 15) is 14.0 Å². The molecule has 1 aliphatic heterocycles. The Bertz CT molecular complexity index is 740. The number of aromatic carboxylic acids is 1. The number of rotatable bonds is 3. The highest BCUT2D eigenvalue weighted by Gasteiger charge is 2.25. The third-order valence-corrected chi connectivity index (χ3v) is 3.78. The lowest BCUT2D eigenvalue weighted by Gasteiger charge is -2.29. The van der Waals surface area contributed by atoms with Crippen LogP contribution >= 0.6 is 0 Å². The number of nitrogens with zero attached hydrogens (tertiary/aromatic N) is 1. The summed E-state index contributed by atoms with van der Waals surface area (Å²) in [6.45, 7) is 0.346. The van der Waals surface area contributed by atoms with Crippen LogP contribution in [0.1, 0.15) is 27.9 Å². The summed E-state index contributed by atoms with van der Waals surface area (Å²) in [6, 6.07) is 10.8. The molecule has 1 aliphatic rings. The minimum Gasteiger partial charge on any atom is -0.478 e. The molecular weight excluding hydrogens is 285 g/mol. The lowest BCUT2D eigenvalue weighted by atomic mass is 9.98. The molecule has 0 saturated carbocycles. The van der Waals surface area contributed by atoms with Gasteiger partial charge in [-0.2, -0.15) is 0 Å².